The Kier molecular flexibility index (Phi) is 3.24. The van der Waals surface area contributed by atoms with Gasteiger partial charge in [-0.05, 0) is 29.8 Å². The lowest BCUT2D eigenvalue weighted by atomic mass is 9.92. The number of pyridine rings is 2. The summed E-state index contributed by atoms with van der Waals surface area (Å²) in [5, 5.41) is 1.10. The van der Waals surface area contributed by atoms with E-state index < -0.39 is 0 Å². The molecule has 0 saturated carbocycles. The minimum atomic E-state index is -0.311. The summed E-state index contributed by atoms with van der Waals surface area (Å²) in [6.45, 7) is 7.07. The third-order valence-corrected chi connectivity index (χ3v) is 3.53. The highest BCUT2D eigenvalue weighted by atomic mass is 19.1. The average Bonchev–Trinajstić information content (AvgIpc) is 2.78. The van der Waals surface area contributed by atoms with Gasteiger partial charge in [-0.2, -0.15) is 0 Å². The van der Waals surface area contributed by atoms with E-state index in [2.05, 4.69) is 47.4 Å². The van der Waals surface area contributed by atoms with E-state index in [0.29, 0.717) is 6.54 Å². The third kappa shape index (κ3) is 2.66. The van der Waals surface area contributed by atoms with Crippen molar-refractivity contribution < 1.29 is 4.39 Å². The highest BCUT2D eigenvalue weighted by molar-refractivity contribution is 5.77. The fourth-order valence-electron chi connectivity index (χ4n) is 2.59. The van der Waals surface area contributed by atoms with Gasteiger partial charge < -0.3 is 4.57 Å². The molecule has 3 heterocycles. The summed E-state index contributed by atoms with van der Waals surface area (Å²) < 4.78 is 15.5. The van der Waals surface area contributed by atoms with E-state index in [4.69, 9.17) is 0 Å². The molecular weight excluding hydrogens is 265 g/mol. The average molecular weight is 283 g/mol. The minimum absolute atomic E-state index is 0.0124. The number of fused-ring (bicyclic) bond motifs is 1. The largest absolute Gasteiger partial charge is 0.325 e. The van der Waals surface area contributed by atoms with Crippen LogP contribution in [0.15, 0.2) is 42.9 Å². The lowest BCUT2D eigenvalue weighted by molar-refractivity contribution is 0.534. The van der Waals surface area contributed by atoms with Gasteiger partial charge >= 0.3 is 0 Å². The molecule has 0 fully saturated rings. The molecule has 0 aliphatic carbocycles. The van der Waals surface area contributed by atoms with Crippen LogP contribution in [0.1, 0.15) is 32.0 Å². The van der Waals surface area contributed by atoms with Gasteiger partial charge in [-0.25, -0.2) is 9.37 Å². The predicted octanol–water partition coefficient (Wildman–Crippen LogP) is 3.92. The van der Waals surface area contributed by atoms with E-state index in [-0.39, 0.29) is 11.2 Å². The fourth-order valence-corrected chi connectivity index (χ4v) is 2.59. The first-order chi connectivity index (χ1) is 9.95. The Bertz CT molecular complexity index is 784. The van der Waals surface area contributed by atoms with Crippen molar-refractivity contribution in [3.8, 4) is 0 Å². The van der Waals surface area contributed by atoms with E-state index in [9.17, 15) is 4.39 Å². The van der Waals surface area contributed by atoms with Gasteiger partial charge in [0.2, 0.25) is 0 Å². The van der Waals surface area contributed by atoms with Crippen molar-refractivity contribution in [2.45, 2.75) is 32.7 Å². The van der Waals surface area contributed by atoms with Gasteiger partial charge in [0.1, 0.15) is 11.5 Å². The molecule has 0 bridgehead atoms. The molecule has 0 N–H and O–H groups in total. The van der Waals surface area contributed by atoms with E-state index in [1.807, 2.05) is 6.07 Å². The molecule has 3 aromatic heterocycles. The van der Waals surface area contributed by atoms with Crippen LogP contribution in [-0.4, -0.2) is 14.5 Å². The minimum Gasteiger partial charge on any atom is -0.325 e. The summed E-state index contributed by atoms with van der Waals surface area (Å²) in [7, 11) is 0. The summed E-state index contributed by atoms with van der Waals surface area (Å²) in [5.74, 6) is -0.311. The molecule has 0 aliphatic rings. The molecule has 0 radical (unpaired) electrons. The third-order valence-electron chi connectivity index (χ3n) is 3.53. The summed E-state index contributed by atoms with van der Waals surface area (Å²) in [6.07, 6.45) is 4.71. The Morgan fingerprint density at radius 3 is 2.71 bits per heavy atom. The van der Waals surface area contributed by atoms with Crippen molar-refractivity contribution in [3.63, 3.8) is 0 Å². The Labute approximate surface area is 123 Å². The molecule has 0 aliphatic heterocycles. The van der Waals surface area contributed by atoms with Crippen molar-refractivity contribution in [1.82, 2.24) is 14.5 Å². The van der Waals surface area contributed by atoms with E-state index in [1.54, 1.807) is 12.4 Å². The van der Waals surface area contributed by atoms with Gasteiger partial charge in [0.05, 0.1) is 12.7 Å². The molecule has 21 heavy (non-hydrogen) atoms. The van der Waals surface area contributed by atoms with Crippen LogP contribution in [0.4, 0.5) is 4.39 Å². The van der Waals surface area contributed by atoms with Crippen LogP contribution >= 0.6 is 0 Å². The second-order valence-corrected chi connectivity index (χ2v) is 6.29. The van der Waals surface area contributed by atoms with E-state index in [1.165, 1.54) is 18.0 Å². The molecule has 0 saturated heterocycles. The molecule has 3 nitrogen and oxygen atoms in total. The predicted molar refractivity (Wildman–Crippen MR) is 81.7 cm³/mol. The first-order valence-electron chi connectivity index (χ1n) is 6.99. The lowest BCUT2D eigenvalue weighted by Crippen LogP contribution is -2.18. The van der Waals surface area contributed by atoms with Crippen LogP contribution in [-0.2, 0) is 12.0 Å². The Balaban J connectivity index is 2.15. The zero-order valence-corrected chi connectivity index (χ0v) is 12.5. The number of nitrogens with zero attached hydrogens (tertiary/aromatic N) is 3. The molecule has 0 aromatic carbocycles. The van der Waals surface area contributed by atoms with Crippen molar-refractivity contribution in [3.05, 3.63) is 59.9 Å². The first kappa shape index (κ1) is 13.7. The van der Waals surface area contributed by atoms with Crippen LogP contribution in [0.2, 0.25) is 0 Å². The molecule has 0 amide bonds. The second kappa shape index (κ2) is 4.95. The van der Waals surface area contributed by atoms with Gasteiger partial charge in [-0.15, -0.1) is 0 Å². The van der Waals surface area contributed by atoms with E-state index in [0.717, 1.165) is 16.6 Å². The van der Waals surface area contributed by atoms with Crippen LogP contribution in [0.25, 0.3) is 11.0 Å². The zero-order chi connectivity index (χ0) is 15.0. The SMILES string of the molecule is CC(C)(C)c1cc2cccnc2n1Cc1cncc(F)c1. The van der Waals surface area contributed by atoms with Crippen molar-refractivity contribution in [2.75, 3.05) is 0 Å². The van der Waals surface area contributed by atoms with Gasteiger partial charge in [-0.1, -0.05) is 20.8 Å². The normalized spacial score (nSPS) is 12.0. The molecule has 0 unspecified atom stereocenters. The monoisotopic (exact) mass is 283 g/mol. The molecule has 108 valence electrons. The molecule has 0 spiro atoms. The van der Waals surface area contributed by atoms with Crippen LogP contribution in [0.5, 0.6) is 0 Å². The number of halogens is 1. The second-order valence-electron chi connectivity index (χ2n) is 6.29. The Hall–Kier alpha value is -2.23. The van der Waals surface area contributed by atoms with Crippen molar-refractivity contribution in [1.29, 1.82) is 0 Å². The van der Waals surface area contributed by atoms with Crippen LogP contribution < -0.4 is 0 Å². The number of hydrogen-bond acceptors (Lipinski definition) is 2. The highest BCUT2D eigenvalue weighted by Crippen LogP contribution is 2.29. The number of rotatable bonds is 2. The van der Waals surface area contributed by atoms with Crippen LogP contribution in [0, 0.1) is 5.82 Å². The molecule has 3 aromatic rings. The molecule has 0 atom stereocenters. The number of aromatic nitrogens is 3. The highest BCUT2D eigenvalue weighted by Gasteiger charge is 2.21. The number of hydrogen-bond donors (Lipinski definition) is 0. The first-order valence-corrected chi connectivity index (χ1v) is 6.99. The molecular formula is C17H18FN3. The fraction of sp³-hybridized carbons (Fsp3) is 0.294. The molecule has 4 heteroatoms. The zero-order valence-electron chi connectivity index (χ0n) is 12.5. The maximum absolute atomic E-state index is 13.4. The van der Waals surface area contributed by atoms with Crippen molar-refractivity contribution >= 4 is 11.0 Å². The van der Waals surface area contributed by atoms with Gasteiger partial charge in [0, 0.05) is 28.9 Å². The van der Waals surface area contributed by atoms with E-state index >= 15 is 0 Å². The summed E-state index contributed by atoms with van der Waals surface area (Å²) >= 11 is 0. The van der Waals surface area contributed by atoms with Gasteiger partial charge in [-0.3, -0.25) is 4.98 Å². The maximum Gasteiger partial charge on any atom is 0.141 e. The quantitative estimate of drug-likeness (QED) is 0.713. The lowest BCUT2D eigenvalue weighted by Gasteiger charge is -2.21. The Morgan fingerprint density at radius 1 is 1.19 bits per heavy atom. The van der Waals surface area contributed by atoms with Crippen molar-refractivity contribution in [2.24, 2.45) is 0 Å². The summed E-state index contributed by atoms with van der Waals surface area (Å²) in [5.41, 5.74) is 2.93. The topological polar surface area (TPSA) is 30.7 Å². The van der Waals surface area contributed by atoms with Gasteiger partial charge in [0.25, 0.3) is 0 Å². The maximum atomic E-state index is 13.4. The summed E-state index contributed by atoms with van der Waals surface area (Å²) in [4.78, 5) is 8.41. The Morgan fingerprint density at radius 2 is 2.00 bits per heavy atom. The summed E-state index contributed by atoms with van der Waals surface area (Å²) in [6, 6.07) is 7.67. The smallest absolute Gasteiger partial charge is 0.141 e. The van der Waals surface area contributed by atoms with Crippen LogP contribution in [0.3, 0.4) is 0 Å². The standard InChI is InChI=1S/C17H18FN3/c1-17(2,3)15-8-13-5-4-6-20-16(13)21(15)11-12-7-14(18)10-19-9-12/h4-10H,11H2,1-3H3. The van der Waals surface area contributed by atoms with Gasteiger partial charge in [0.15, 0.2) is 0 Å². The molecule has 3 rings (SSSR count).